The molecule has 0 aliphatic heterocycles. The minimum Gasteiger partial charge on any atom is -0.184 e. The van der Waals surface area contributed by atoms with Crippen LogP contribution in [0.2, 0.25) is 0 Å². The van der Waals surface area contributed by atoms with Gasteiger partial charge in [-0.2, -0.15) is 72.3 Å². The van der Waals surface area contributed by atoms with Crippen molar-refractivity contribution in [1.82, 2.24) is 0 Å². The molecule has 0 saturated carbocycles. The number of hydrogen-bond acceptors (Lipinski definition) is 0. The van der Waals surface area contributed by atoms with Crippen LogP contribution in [0.5, 0.6) is 0 Å². The fourth-order valence-electron chi connectivity index (χ4n) is 1.22. The van der Waals surface area contributed by atoms with Gasteiger partial charge in [0.1, 0.15) is 0 Å². The van der Waals surface area contributed by atoms with Gasteiger partial charge in [-0.05, 0) is 0 Å². The summed E-state index contributed by atoms with van der Waals surface area (Å²) in [5.41, 5.74) is 1.41. The van der Waals surface area contributed by atoms with Gasteiger partial charge < -0.3 is 0 Å². The summed E-state index contributed by atoms with van der Waals surface area (Å²) in [7, 11) is 0. The van der Waals surface area contributed by atoms with Crippen LogP contribution < -0.4 is 0 Å². The van der Waals surface area contributed by atoms with Crippen LogP contribution in [0.4, 0.5) is 0 Å². The minimum atomic E-state index is 0. The molecule has 0 aliphatic rings. The summed E-state index contributed by atoms with van der Waals surface area (Å²) in [5.74, 6) is 0. The van der Waals surface area contributed by atoms with Crippen molar-refractivity contribution < 1.29 is 32.7 Å². The molecular formula is C15H16Y-2. The van der Waals surface area contributed by atoms with E-state index in [-0.39, 0.29) is 32.7 Å². The van der Waals surface area contributed by atoms with Gasteiger partial charge >= 0.3 is 0 Å². The number of hydrogen-bond donors (Lipinski definition) is 0. The fourth-order valence-corrected chi connectivity index (χ4v) is 1.22. The van der Waals surface area contributed by atoms with E-state index < -0.39 is 0 Å². The van der Waals surface area contributed by atoms with Gasteiger partial charge in [0, 0.05) is 32.7 Å². The summed E-state index contributed by atoms with van der Waals surface area (Å²) in [6.07, 6.45) is 2.42. The van der Waals surface area contributed by atoms with Gasteiger partial charge in [0.2, 0.25) is 0 Å². The van der Waals surface area contributed by atoms with E-state index in [4.69, 9.17) is 0 Å². The largest absolute Gasteiger partial charge is 0.184 e. The zero-order valence-electron chi connectivity index (χ0n) is 9.69. The van der Waals surface area contributed by atoms with Gasteiger partial charge in [0.05, 0.1) is 0 Å². The van der Waals surface area contributed by atoms with Gasteiger partial charge in [-0.25, -0.2) is 0 Å². The molecule has 16 heavy (non-hydrogen) atoms. The maximum Gasteiger partial charge on any atom is 0 e. The first-order chi connectivity index (χ1) is 7.43. The topological polar surface area (TPSA) is 0 Å². The van der Waals surface area contributed by atoms with Gasteiger partial charge in [-0.15, -0.1) is 0 Å². The van der Waals surface area contributed by atoms with Crippen molar-refractivity contribution >= 4 is 0 Å². The average Bonchev–Trinajstić information content (AvgIpc) is 2.34. The summed E-state index contributed by atoms with van der Waals surface area (Å²) in [6, 6.07) is 23.6. The Hall–Kier alpha value is -0.456. The predicted octanol–water partition coefficient (Wildman–Crippen LogP) is 3.92. The maximum atomic E-state index is 2.99. The Bertz CT molecular complexity index is 302. The molecule has 0 nitrogen and oxygen atoms in total. The Labute approximate surface area is 124 Å². The quantitative estimate of drug-likeness (QED) is 0.734. The Balaban J connectivity index is 0.000000283. The molecule has 0 N–H and O–H groups in total. The third-order valence-electron chi connectivity index (χ3n) is 1.93. The van der Waals surface area contributed by atoms with Crippen molar-refractivity contribution in [3.05, 3.63) is 72.3 Å². The second kappa shape index (κ2) is 11.0. The van der Waals surface area contributed by atoms with Crippen LogP contribution in [0.3, 0.4) is 0 Å². The van der Waals surface area contributed by atoms with E-state index >= 15 is 0 Å². The molecule has 1 radical (unpaired) electrons. The van der Waals surface area contributed by atoms with Crippen molar-refractivity contribution in [2.24, 2.45) is 0 Å². The number of rotatable bonds is 2. The Morgan fingerprint density at radius 3 is 1.81 bits per heavy atom. The van der Waals surface area contributed by atoms with Gasteiger partial charge in [0.15, 0.2) is 0 Å². The summed E-state index contributed by atoms with van der Waals surface area (Å²) >= 11 is 0. The van der Waals surface area contributed by atoms with E-state index in [0.717, 1.165) is 0 Å². The first-order valence-corrected chi connectivity index (χ1v) is 5.29. The van der Waals surface area contributed by atoms with Crippen LogP contribution in [0.15, 0.2) is 54.6 Å². The van der Waals surface area contributed by atoms with E-state index in [9.17, 15) is 0 Å². The van der Waals surface area contributed by atoms with E-state index in [0.29, 0.717) is 0 Å². The molecule has 0 aliphatic carbocycles. The molecule has 1 heteroatoms. The molecule has 0 bridgehead atoms. The Kier molecular flexibility index (Phi) is 10.7. The molecule has 0 saturated heterocycles. The SMILES string of the molecule is CCCc1cc[c-]cc1.[Y].[c-]1ccccc1. The Morgan fingerprint density at radius 2 is 1.44 bits per heavy atom. The average molecular weight is 285 g/mol. The second-order valence-electron chi connectivity index (χ2n) is 3.24. The summed E-state index contributed by atoms with van der Waals surface area (Å²) in [5, 5.41) is 0. The van der Waals surface area contributed by atoms with E-state index in [2.05, 4.69) is 31.2 Å². The van der Waals surface area contributed by atoms with Crippen molar-refractivity contribution in [3.8, 4) is 0 Å². The predicted molar refractivity (Wildman–Crippen MR) is 64.6 cm³/mol. The van der Waals surface area contributed by atoms with Crippen molar-refractivity contribution in [2.75, 3.05) is 0 Å². The van der Waals surface area contributed by atoms with Crippen molar-refractivity contribution in [1.29, 1.82) is 0 Å². The van der Waals surface area contributed by atoms with Gasteiger partial charge in [0.25, 0.3) is 0 Å². The van der Waals surface area contributed by atoms with Crippen LogP contribution in [0, 0.1) is 12.1 Å². The van der Waals surface area contributed by atoms with Crippen molar-refractivity contribution in [2.45, 2.75) is 19.8 Å². The number of aryl methyl sites for hydroxylation is 1. The molecule has 0 spiro atoms. The van der Waals surface area contributed by atoms with Crippen molar-refractivity contribution in [3.63, 3.8) is 0 Å². The summed E-state index contributed by atoms with van der Waals surface area (Å²) in [6.45, 7) is 2.19. The molecule has 0 amide bonds. The minimum absolute atomic E-state index is 0. The summed E-state index contributed by atoms with van der Waals surface area (Å²) < 4.78 is 0. The van der Waals surface area contributed by atoms with Gasteiger partial charge in [-0.1, -0.05) is 19.8 Å². The monoisotopic (exact) mass is 285 g/mol. The zero-order valence-corrected chi connectivity index (χ0v) is 12.5. The standard InChI is InChI=1S/C9H11.C6H5.Y/c1-2-6-9-7-4-3-5-8-9;1-2-4-6-5-3-1;/h4-5,7-8H,2,6H2,1H3;1-5H;/q2*-1;. The Morgan fingerprint density at radius 1 is 0.875 bits per heavy atom. The molecule has 2 aromatic carbocycles. The summed E-state index contributed by atoms with van der Waals surface area (Å²) in [4.78, 5) is 0. The van der Waals surface area contributed by atoms with Gasteiger partial charge in [-0.3, -0.25) is 0 Å². The molecule has 2 aromatic rings. The van der Waals surface area contributed by atoms with Crippen LogP contribution in [0.1, 0.15) is 18.9 Å². The number of benzene rings is 2. The zero-order chi connectivity index (χ0) is 10.8. The van der Waals surface area contributed by atoms with Crippen LogP contribution in [-0.4, -0.2) is 0 Å². The smallest absolute Gasteiger partial charge is 0 e. The van der Waals surface area contributed by atoms with E-state index in [1.165, 1.54) is 18.4 Å². The molecule has 0 aromatic heterocycles. The third kappa shape index (κ3) is 7.79. The fraction of sp³-hybridized carbons (Fsp3) is 0.200. The van der Waals surface area contributed by atoms with Crippen LogP contribution in [-0.2, 0) is 39.1 Å². The molecule has 0 heterocycles. The van der Waals surface area contributed by atoms with Crippen LogP contribution >= 0.6 is 0 Å². The molecule has 0 atom stereocenters. The first kappa shape index (κ1) is 15.5. The molecule has 0 unspecified atom stereocenters. The maximum absolute atomic E-state index is 2.99. The van der Waals surface area contributed by atoms with E-state index in [1.54, 1.807) is 0 Å². The molecule has 81 valence electrons. The van der Waals surface area contributed by atoms with Crippen LogP contribution in [0.25, 0.3) is 0 Å². The molecular weight excluding hydrogens is 269 g/mol. The molecule has 0 fully saturated rings. The van der Waals surface area contributed by atoms with E-state index in [1.807, 2.05) is 42.5 Å². The molecule has 2 rings (SSSR count). The normalized spacial score (nSPS) is 8.31. The second-order valence-corrected chi connectivity index (χ2v) is 3.24. The first-order valence-electron chi connectivity index (χ1n) is 5.29. The third-order valence-corrected chi connectivity index (χ3v) is 1.93.